The largest absolute Gasteiger partial charge is 0.480 e. The molecule has 1 amide bonds. The van der Waals surface area contributed by atoms with Gasteiger partial charge in [-0.1, -0.05) is 62.2 Å². The van der Waals surface area contributed by atoms with E-state index >= 15 is 0 Å². The summed E-state index contributed by atoms with van der Waals surface area (Å²) in [5, 5.41) is 13.6. The minimum atomic E-state index is -3.98. The van der Waals surface area contributed by atoms with Gasteiger partial charge in [0.25, 0.3) is 0 Å². The van der Waals surface area contributed by atoms with Gasteiger partial charge in [-0.15, -0.1) is 0 Å². The lowest BCUT2D eigenvalue weighted by molar-refractivity contribution is -0.142. The van der Waals surface area contributed by atoms with E-state index in [2.05, 4.69) is 15.3 Å². The number of hydrogen-bond acceptors (Lipinski definition) is 6. The van der Waals surface area contributed by atoms with Crippen molar-refractivity contribution < 1.29 is 23.1 Å². The maximum Gasteiger partial charge on any atom is 0.326 e. The van der Waals surface area contributed by atoms with Gasteiger partial charge in [0.15, 0.2) is 0 Å². The number of rotatable bonds is 11. The van der Waals surface area contributed by atoms with Gasteiger partial charge in [-0.25, -0.2) is 23.2 Å². The molecule has 0 radical (unpaired) electrons. The van der Waals surface area contributed by atoms with Crippen LogP contribution in [0.15, 0.2) is 66.1 Å². The number of nitrogens with one attached hydrogen (secondary N) is 1. The second kappa shape index (κ2) is 11.0. The number of unbranched alkanes of at least 4 members (excludes halogenated alkanes) is 1. The van der Waals surface area contributed by atoms with E-state index in [4.69, 9.17) is 0 Å². The van der Waals surface area contributed by atoms with E-state index in [-0.39, 0.29) is 18.0 Å². The summed E-state index contributed by atoms with van der Waals surface area (Å²) in [4.78, 5) is 32.5. The van der Waals surface area contributed by atoms with Gasteiger partial charge in [-0.3, -0.25) is 4.79 Å². The summed E-state index contributed by atoms with van der Waals surface area (Å²) in [7, 11) is -3.98. The van der Waals surface area contributed by atoms with Crippen LogP contribution in [0, 0.1) is 5.92 Å². The number of carbonyl (C=O) groups excluding carboxylic acids is 1. The van der Waals surface area contributed by atoms with Crippen molar-refractivity contribution in [2.24, 2.45) is 5.92 Å². The number of carboxylic acid groups (broad SMARTS) is 1. The Balaban J connectivity index is 1.93. The molecular formula is C24H27N3O5S. The Bertz CT molecular complexity index is 1210. The van der Waals surface area contributed by atoms with E-state index in [9.17, 15) is 23.1 Å². The van der Waals surface area contributed by atoms with Crippen LogP contribution in [-0.2, 0) is 25.8 Å². The van der Waals surface area contributed by atoms with Gasteiger partial charge in [0.05, 0.1) is 11.7 Å². The van der Waals surface area contributed by atoms with Gasteiger partial charge in [-0.2, -0.15) is 0 Å². The molecule has 1 aromatic heterocycles. The van der Waals surface area contributed by atoms with Crippen molar-refractivity contribution in [1.82, 2.24) is 15.3 Å². The molecule has 0 saturated heterocycles. The van der Waals surface area contributed by atoms with Crippen LogP contribution in [0.5, 0.6) is 0 Å². The van der Waals surface area contributed by atoms with Gasteiger partial charge < -0.3 is 10.4 Å². The summed E-state index contributed by atoms with van der Waals surface area (Å²) in [6.45, 7) is 1.93. The van der Waals surface area contributed by atoms with Crippen LogP contribution in [0.1, 0.15) is 31.7 Å². The SMILES string of the molecule is CCCC[C@H](NC(=O)[C@H](Cc1cccc2ccccc12)CS(=O)(=O)c1ncccn1)C(=O)O. The minimum absolute atomic E-state index is 0.124. The first-order chi connectivity index (χ1) is 15.8. The Morgan fingerprint density at radius 2 is 1.73 bits per heavy atom. The second-order valence-electron chi connectivity index (χ2n) is 7.89. The van der Waals surface area contributed by atoms with Crippen LogP contribution in [0.3, 0.4) is 0 Å². The number of benzene rings is 2. The molecule has 0 spiro atoms. The normalized spacial score (nSPS) is 13.4. The minimum Gasteiger partial charge on any atom is -0.480 e. The monoisotopic (exact) mass is 469 g/mol. The summed E-state index contributed by atoms with van der Waals surface area (Å²) in [6.07, 6.45) is 4.45. The summed E-state index contributed by atoms with van der Waals surface area (Å²) < 4.78 is 25.9. The van der Waals surface area contributed by atoms with Crippen molar-refractivity contribution in [1.29, 1.82) is 0 Å². The Morgan fingerprint density at radius 3 is 2.42 bits per heavy atom. The number of sulfone groups is 1. The van der Waals surface area contributed by atoms with Gasteiger partial charge in [0.1, 0.15) is 6.04 Å². The molecule has 2 aromatic carbocycles. The molecule has 1 heterocycles. The Kier molecular flexibility index (Phi) is 8.11. The van der Waals surface area contributed by atoms with Gasteiger partial charge >= 0.3 is 5.97 Å². The first-order valence-corrected chi connectivity index (χ1v) is 12.5. The van der Waals surface area contributed by atoms with Crippen LogP contribution >= 0.6 is 0 Å². The number of amides is 1. The first-order valence-electron chi connectivity index (χ1n) is 10.8. The molecule has 9 heteroatoms. The molecule has 0 saturated carbocycles. The molecule has 174 valence electrons. The molecule has 8 nitrogen and oxygen atoms in total. The maximum absolute atomic E-state index is 13.2. The predicted molar refractivity (Wildman–Crippen MR) is 124 cm³/mol. The predicted octanol–water partition coefficient (Wildman–Crippen LogP) is 3.02. The van der Waals surface area contributed by atoms with Crippen LogP contribution in [-0.4, -0.2) is 47.2 Å². The highest BCUT2D eigenvalue weighted by atomic mass is 32.2. The Labute approximate surface area is 193 Å². The van der Waals surface area contributed by atoms with E-state index < -0.39 is 39.4 Å². The zero-order valence-corrected chi connectivity index (χ0v) is 19.2. The third-order valence-electron chi connectivity index (χ3n) is 5.42. The van der Waals surface area contributed by atoms with E-state index in [1.165, 1.54) is 18.5 Å². The molecule has 0 aliphatic rings. The maximum atomic E-state index is 13.2. The number of carbonyl (C=O) groups is 2. The van der Waals surface area contributed by atoms with Crippen molar-refractivity contribution in [2.45, 2.75) is 43.8 Å². The summed E-state index contributed by atoms with van der Waals surface area (Å²) in [5.41, 5.74) is 0.804. The third kappa shape index (κ3) is 6.35. The molecule has 3 rings (SSSR count). The van der Waals surface area contributed by atoms with Crippen LogP contribution < -0.4 is 5.32 Å². The lowest BCUT2D eigenvalue weighted by Gasteiger charge is -2.21. The molecule has 0 aliphatic heterocycles. The van der Waals surface area contributed by atoms with Gasteiger partial charge in [-0.05, 0) is 35.2 Å². The van der Waals surface area contributed by atoms with Crippen LogP contribution in [0.25, 0.3) is 10.8 Å². The quantitative estimate of drug-likeness (QED) is 0.413. The third-order valence-corrected chi connectivity index (χ3v) is 7.03. The summed E-state index contributed by atoms with van der Waals surface area (Å²) >= 11 is 0. The van der Waals surface area contributed by atoms with Gasteiger partial charge in [0.2, 0.25) is 20.9 Å². The number of nitrogens with zero attached hydrogens (tertiary/aromatic N) is 2. The number of aromatic nitrogens is 2. The molecule has 0 unspecified atom stereocenters. The topological polar surface area (TPSA) is 126 Å². The Hall–Kier alpha value is -3.33. The van der Waals surface area contributed by atoms with Crippen molar-refractivity contribution >= 4 is 32.5 Å². The number of hydrogen-bond donors (Lipinski definition) is 2. The Morgan fingerprint density at radius 1 is 1.03 bits per heavy atom. The smallest absolute Gasteiger partial charge is 0.326 e. The molecule has 2 N–H and O–H groups in total. The highest BCUT2D eigenvalue weighted by molar-refractivity contribution is 7.91. The molecule has 2 atom stereocenters. The number of fused-ring (bicyclic) bond motifs is 1. The van der Waals surface area contributed by atoms with Gasteiger partial charge in [0, 0.05) is 12.4 Å². The lowest BCUT2D eigenvalue weighted by atomic mass is 9.95. The van der Waals surface area contributed by atoms with E-state index in [0.29, 0.717) is 6.42 Å². The van der Waals surface area contributed by atoms with Crippen LogP contribution in [0.2, 0.25) is 0 Å². The molecule has 3 aromatic rings. The fraction of sp³-hybridized carbons (Fsp3) is 0.333. The van der Waals surface area contributed by atoms with Crippen molar-refractivity contribution in [3.63, 3.8) is 0 Å². The number of aliphatic carboxylic acids is 1. The fourth-order valence-corrected chi connectivity index (χ4v) is 5.09. The molecular weight excluding hydrogens is 442 g/mol. The molecule has 33 heavy (non-hydrogen) atoms. The van der Waals surface area contributed by atoms with E-state index in [1.807, 2.05) is 49.4 Å². The highest BCUT2D eigenvalue weighted by Gasteiger charge is 2.31. The lowest BCUT2D eigenvalue weighted by Crippen LogP contribution is -2.45. The first kappa shape index (κ1) is 24.3. The van der Waals surface area contributed by atoms with Crippen molar-refractivity contribution in [3.8, 4) is 0 Å². The average Bonchev–Trinajstić information content (AvgIpc) is 2.81. The average molecular weight is 470 g/mol. The van der Waals surface area contributed by atoms with E-state index in [0.717, 1.165) is 22.8 Å². The standard InChI is InChI=1S/C24H27N3O5S/c1-2-3-12-21(23(29)30)27-22(28)19(16-33(31,32)24-25-13-7-14-26-24)15-18-10-6-9-17-8-4-5-11-20(17)18/h4-11,13-14,19,21H,2-3,12,15-16H2,1H3,(H,27,28)(H,29,30)/t19-,21+/m1/s1. The molecule has 0 fully saturated rings. The summed E-state index contributed by atoms with van der Waals surface area (Å²) in [6, 6.07) is 13.7. The molecule has 0 bridgehead atoms. The van der Waals surface area contributed by atoms with Crippen molar-refractivity contribution in [2.75, 3.05) is 5.75 Å². The number of carboxylic acids is 1. The summed E-state index contributed by atoms with van der Waals surface area (Å²) in [5.74, 6) is -3.32. The molecule has 0 aliphatic carbocycles. The van der Waals surface area contributed by atoms with E-state index in [1.54, 1.807) is 0 Å². The second-order valence-corrected chi connectivity index (χ2v) is 9.82. The fourth-order valence-electron chi connectivity index (χ4n) is 3.70. The van der Waals surface area contributed by atoms with Crippen LogP contribution in [0.4, 0.5) is 0 Å². The van der Waals surface area contributed by atoms with Crippen molar-refractivity contribution in [3.05, 3.63) is 66.5 Å². The zero-order chi connectivity index (χ0) is 23.8. The zero-order valence-electron chi connectivity index (χ0n) is 18.3. The highest BCUT2D eigenvalue weighted by Crippen LogP contribution is 2.23.